The summed E-state index contributed by atoms with van der Waals surface area (Å²) in [4.78, 5) is 30.7. The van der Waals surface area contributed by atoms with E-state index in [9.17, 15) is 9.59 Å². The van der Waals surface area contributed by atoms with Crippen LogP contribution in [0.2, 0.25) is 0 Å². The highest BCUT2D eigenvalue weighted by Gasteiger charge is 2.40. The minimum absolute atomic E-state index is 0.277. The summed E-state index contributed by atoms with van der Waals surface area (Å²) in [6.45, 7) is 2.11. The number of hydrogen-bond acceptors (Lipinski definition) is 3. The Morgan fingerprint density at radius 1 is 0.516 bits per heavy atom. The Bertz CT molecular complexity index is 1070. The number of nitrogens with zero attached hydrogens (tertiary/aromatic N) is 2. The van der Waals surface area contributed by atoms with Gasteiger partial charge in [0.2, 0.25) is 0 Å². The third-order valence-electron chi connectivity index (χ3n) is 6.04. The molecule has 4 nitrogen and oxygen atoms in total. The fourth-order valence-electron chi connectivity index (χ4n) is 4.47. The van der Waals surface area contributed by atoms with E-state index < -0.39 is 0 Å². The van der Waals surface area contributed by atoms with Crippen LogP contribution >= 0.6 is 0 Å². The summed E-state index contributed by atoms with van der Waals surface area (Å²) in [5.74, 6) is -0.554. The Hall–Kier alpha value is -3.66. The summed E-state index contributed by atoms with van der Waals surface area (Å²) in [6, 6.07) is 26.7. The van der Waals surface area contributed by atoms with Crippen molar-refractivity contribution < 1.29 is 9.59 Å². The highest BCUT2D eigenvalue weighted by molar-refractivity contribution is 6.57. The lowest BCUT2D eigenvalue weighted by Gasteiger charge is -2.29. The van der Waals surface area contributed by atoms with Crippen LogP contribution in [0.5, 0.6) is 0 Å². The quantitative estimate of drug-likeness (QED) is 0.560. The van der Waals surface area contributed by atoms with Crippen LogP contribution in [0, 0.1) is 0 Å². The van der Waals surface area contributed by atoms with Crippen molar-refractivity contribution in [3.63, 3.8) is 0 Å². The van der Waals surface area contributed by atoms with Crippen LogP contribution in [0.25, 0.3) is 11.1 Å². The molecule has 0 aliphatic carbocycles. The van der Waals surface area contributed by atoms with E-state index >= 15 is 0 Å². The van der Waals surface area contributed by atoms with Crippen LogP contribution in [0.4, 0.5) is 11.4 Å². The number of imide groups is 1. The number of rotatable bonds is 4. The largest absolute Gasteiger partial charge is 0.372 e. The summed E-state index contributed by atoms with van der Waals surface area (Å²) in [5, 5.41) is 0. The van der Waals surface area contributed by atoms with Gasteiger partial charge in [0, 0.05) is 18.8 Å². The topological polar surface area (TPSA) is 40.6 Å². The number of benzene rings is 3. The zero-order valence-electron chi connectivity index (χ0n) is 17.3. The van der Waals surface area contributed by atoms with E-state index in [0.29, 0.717) is 16.8 Å². The first-order chi connectivity index (χ1) is 15.2. The number of anilines is 2. The third kappa shape index (κ3) is 3.55. The van der Waals surface area contributed by atoms with Gasteiger partial charge < -0.3 is 4.90 Å². The molecule has 3 aromatic carbocycles. The van der Waals surface area contributed by atoms with Gasteiger partial charge in [0.05, 0.1) is 16.8 Å². The lowest BCUT2D eigenvalue weighted by molar-refractivity contribution is -0.119. The van der Waals surface area contributed by atoms with Crippen molar-refractivity contribution in [2.45, 2.75) is 19.3 Å². The van der Waals surface area contributed by atoms with Gasteiger partial charge in [-0.25, -0.2) is 4.90 Å². The predicted octanol–water partition coefficient (Wildman–Crippen LogP) is 5.16. The number of hydrogen-bond donors (Lipinski definition) is 0. The molecule has 2 amide bonds. The van der Waals surface area contributed by atoms with Gasteiger partial charge in [-0.05, 0) is 54.7 Å². The zero-order valence-corrected chi connectivity index (χ0v) is 17.3. The smallest absolute Gasteiger partial charge is 0.266 e. The molecule has 2 aliphatic heterocycles. The van der Waals surface area contributed by atoms with Gasteiger partial charge >= 0.3 is 0 Å². The minimum atomic E-state index is -0.277. The van der Waals surface area contributed by atoms with Crippen molar-refractivity contribution >= 4 is 34.3 Å². The van der Waals surface area contributed by atoms with E-state index in [4.69, 9.17) is 0 Å². The maximum Gasteiger partial charge on any atom is 0.266 e. The van der Waals surface area contributed by atoms with E-state index in [-0.39, 0.29) is 11.8 Å². The monoisotopic (exact) mass is 408 g/mol. The average Bonchev–Trinajstić information content (AvgIpc) is 3.10. The van der Waals surface area contributed by atoms with Gasteiger partial charge in [-0.15, -0.1) is 0 Å². The summed E-state index contributed by atoms with van der Waals surface area (Å²) < 4.78 is 0. The lowest BCUT2D eigenvalue weighted by atomic mass is 9.96. The van der Waals surface area contributed by atoms with E-state index in [1.165, 1.54) is 24.2 Å². The molecule has 0 aromatic heterocycles. The number of carbonyl (C=O) groups is 2. The molecule has 31 heavy (non-hydrogen) atoms. The molecule has 0 N–H and O–H groups in total. The van der Waals surface area contributed by atoms with E-state index in [1.54, 1.807) is 0 Å². The van der Waals surface area contributed by atoms with E-state index in [1.807, 2.05) is 84.9 Å². The van der Waals surface area contributed by atoms with Crippen LogP contribution in [0.15, 0.2) is 84.9 Å². The molecule has 0 atom stereocenters. The van der Waals surface area contributed by atoms with E-state index in [0.717, 1.165) is 29.9 Å². The van der Waals surface area contributed by atoms with Gasteiger partial charge in [-0.1, -0.05) is 60.7 Å². The first kappa shape index (κ1) is 19.3. The summed E-state index contributed by atoms with van der Waals surface area (Å²) in [7, 11) is 0. The molecular weight excluding hydrogens is 384 g/mol. The van der Waals surface area contributed by atoms with Gasteiger partial charge in [0.1, 0.15) is 0 Å². The SMILES string of the molecule is O=C1C(c2ccccc2)=C(c2ccccc2)C(=O)N1c1ccc(N2CCCCC2)cc1. The van der Waals surface area contributed by atoms with Crippen molar-refractivity contribution in [2.75, 3.05) is 22.9 Å². The second kappa shape index (κ2) is 8.23. The molecule has 0 unspecified atom stereocenters. The summed E-state index contributed by atoms with van der Waals surface area (Å²) >= 11 is 0. The van der Waals surface area contributed by atoms with Crippen LogP contribution < -0.4 is 9.80 Å². The van der Waals surface area contributed by atoms with Crippen LogP contribution in [0.1, 0.15) is 30.4 Å². The van der Waals surface area contributed by atoms with Crippen LogP contribution in [-0.4, -0.2) is 24.9 Å². The molecule has 1 saturated heterocycles. The summed E-state index contributed by atoms with van der Waals surface area (Å²) in [5.41, 5.74) is 4.17. The maximum absolute atomic E-state index is 13.5. The van der Waals surface area contributed by atoms with Crippen molar-refractivity contribution in [1.29, 1.82) is 0 Å². The number of amides is 2. The van der Waals surface area contributed by atoms with Crippen molar-refractivity contribution in [2.24, 2.45) is 0 Å². The maximum atomic E-state index is 13.5. The molecule has 2 heterocycles. The Morgan fingerprint density at radius 3 is 1.45 bits per heavy atom. The minimum Gasteiger partial charge on any atom is -0.372 e. The van der Waals surface area contributed by atoms with Crippen LogP contribution in [-0.2, 0) is 9.59 Å². The van der Waals surface area contributed by atoms with E-state index in [2.05, 4.69) is 4.90 Å². The Labute approximate surface area is 182 Å². The highest BCUT2D eigenvalue weighted by Crippen LogP contribution is 2.38. The highest BCUT2D eigenvalue weighted by atomic mass is 16.2. The fourth-order valence-corrected chi connectivity index (χ4v) is 4.47. The van der Waals surface area contributed by atoms with Gasteiger partial charge in [-0.2, -0.15) is 0 Å². The standard InChI is InChI=1S/C27H24N2O2/c30-26-24(20-10-4-1-5-11-20)25(21-12-6-2-7-13-21)27(31)29(26)23-16-14-22(15-17-23)28-18-8-3-9-19-28/h1-2,4-7,10-17H,3,8-9,18-19H2. The molecular formula is C27H24N2O2. The van der Waals surface area contributed by atoms with Gasteiger partial charge in [-0.3, -0.25) is 9.59 Å². The average molecular weight is 409 g/mol. The molecule has 5 rings (SSSR count). The molecule has 2 aliphatic rings. The Kier molecular flexibility index (Phi) is 5.13. The second-order valence-corrected chi connectivity index (χ2v) is 7.99. The number of piperidine rings is 1. The normalized spacial score (nSPS) is 16.9. The third-order valence-corrected chi connectivity index (χ3v) is 6.04. The first-order valence-electron chi connectivity index (χ1n) is 10.8. The predicted molar refractivity (Wildman–Crippen MR) is 125 cm³/mol. The Balaban J connectivity index is 1.53. The van der Waals surface area contributed by atoms with Gasteiger partial charge in [0.25, 0.3) is 11.8 Å². The lowest BCUT2D eigenvalue weighted by Crippen LogP contribution is -2.32. The Morgan fingerprint density at radius 2 is 0.968 bits per heavy atom. The van der Waals surface area contributed by atoms with Crippen molar-refractivity contribution in [3.8, 4) is 0 Å². The first-order valence-corrected chi connectivity index (χ1v) is 10.8. The second-order valence-electron chi connectivity index (χ2n) is 7.99. The zero-order chi connectivity index (χ0) is 21.2. The van der Waals surface area contributed by atoms with Crippen molar-refractivity contribution in [1.82, 2.24) is 0 Å². The molecule has 4 heteroatoms. The molecule has 0 radical (unpaired) electrons. The van der Waals surface area contributed by atoms with Crippen LogP contribution in [0.3, 0.4) is 0 Å². The van der Waals surface area contributed by atoms with Gasteiger partial charge in [0.15, 0.2) is 0 Å². The molecule has 0 spiro atoms. The molecule has 3 aromatic rings. The molecule has 154 valence electrons. The fraction of sp³-hybridized carbons (Fsp3) is 0.185. The molecule has 0 bridgehead atoms. The summed E-state index contributed by atoms with van der Waals surface area (Å²) in [6.07, 6.45) is 3.69. The molecule has 0 saturated carbocycles. The van der Waals surface area contributed by atoms with Crippen molar-refractivity contribution in [3.05, 3.63) is 96.1 Å². The molecule has 1 fully saturated rings. The number of carbonyl (C=O) groups excluding carboxylic acids is 2.